The molecule has 1 fully saturated rings. The molecule has 2 rings (SSSR count). The molecule has 124 valence electrons. The second-order valence-electron chi connectivity index (χ2n) is 6.04. The van der Waals surface area contributed by atoms with Gasteiger partial charge in [-0.2, -0.15) is 0 Å². The first-order valence-corrected chi connectivity index (χ1v) is 9.38. The van der Waals surface area contributed by atoms with Crippen LogP contribution in [-0.4, -0.2) is 53.2 Å². The number of nitrogens with zero attached hydrogens (tertiary/aromatic N) is 1. The van der Waals surface area contributed by atoms with Crippen LogP contribution in [0.4, 0.5) is 0 Å². The number of aryl methyl sites for hydroxylation is 1. The van der Waals surface area contributed by atoms with Gasteiger partial charge in [-0.1, -0.05) is 29.8 Å². The maximum Gasteiger partial charge on any atom is 0.215 e. The zero-order chi connectivity index (χ0) is 16.0. The van der Waals surface area contributed by atoms with E-state index in [1.807, 2.05) is 31.2 Å². The van der Waals surface area contributed by atoms with E-state index in [1.165, 1.54) is 0 Å². The molecule has 0 aliphatic carbocycles. The van der Waals surface area contributed by atoms with Gasteiger partial charge >= 0.3 is 0 Å². The minimum Gasteiger partial charge on any atom is -0.383 e. The van der Waals surface area contributed by atoms with Crippen molar-refractivity contribution >= 4 is 10.0 Å². The largest absolute Gasteiger partial charge is 0.383 e. The minimum atomic E-state index is -3.26. The van der Waals surface area contributed by atoms with Gasteiger partial charge in [0.25, 0.3) is 0 Å². The Bertz CT molecular complexity index is 557. The van der Waals surface area contributed by atoms with Crippen LogP contribution < -0.4 is 4.72 Å². The zero-order valence-corrected chi connectivity index (χ0v) is 14.2. The first kappa shape index (κ1) is 17.4. The van der Waals surface area contributed by atoms with E-state index < -0.39 is 10.0 Å². The summed E-state index contributed by atoms with van der Waals surface area (Å²) in [6.07, 6.45) is 1.04. The maximum atomic E-state index is 12.2. The molecule has 1 aromatic rings. The standard InChI is InChI=1S/C16H26N2O3S/c1-14-3-5-15(6-4-14)13-22(19,20)17-11-16-7-8-18(12-16)9-10-21-2/h3-6,16-17H,7-13H2,1-2H3. The first-order valence-electron chi connectivity index (χ1n) is 7.72. The van der Waals surface area contributed by atoms with Crippen molar-refractivity contribution in [3.8, 4) is 0 Å². The number of nitrogens with one attached hydrogen (secondary N) is 1. The highest BCUT2D eigenvalue weighted by molar-refractivity contribution is 7.88. The third-order valence-electron chi connectivity index (χ3n) is 4.05. The smallest absolute Gasteiger partial charge is 0.215 e. The van der Waals surface area contributed by atoms with Gasteiger partial charge in [0, 0.05) is 26.7 Å². The molecule has 0 bridgehead atoms. The van der Waals surface area contributed by atoms with Crippen molar-refractivity contribution in [1.82, 2.24) is 9.62 Å². The van der Waals surface area contributed by atoms with Crippen molar-refractivity contribution in [1.29, 1.82) is 0 Å². The van der Waals surface area contributed by atoms with Crippen LogP contribution in [0.1, 0.15) is 17.5 Å². The third kappa shape index (κ3) is 5.68. The summed E-state index contributed by atoms with van der Waals surface area (Å²) in [7, 11) is -1.56. The highest BCUT2D eigenvalue weighted by atomic mass is 32.2. The number of likely N-dealkylation sites (tertiary alicyclic amines) is 1. The second kappa shape index (κ2) is 8.06. The lowest BCUT2D eigenvalue weighted by Crippen LogP contribution is -2.32. The molecule has 22 heavy (non-hydrogen) atoms. The molecule has 1 atom stereocenters. The van der Waals surface area contributed by atoms with Crippen molar-refractivity contribution in [2.24, 2.45) is 5.92 Å². The lowest BCUT2D eigenvalue weighted by atomic mass is 10.1. The van der Waals surface area contributed by atoms with E-state index in [2.05, 4.69) is 9.62 Å². The highest BCUT2D eigenvalue weighted by Gasteiger charge is 2.23. The summed E-state index contributed by atoms with van der Waals surface area (Å²) < 4.78 is 32.1. The Kier molecular flexibility index (Phi) is 6.37. The van der Waals surface area contributed by atoms with Crippen LogP contribution in [0.3, 0.4) is 0 Å². The molecule has 1 aliphatic rings. The Hall–Kier alpha value is -0.950. The fourth-order valence-electron chi connectivity index (χ4n) is 2.70. The lowest BCUT2D eigenvalue weighted by Gasteiger charge is -2.15. The van der Waals surface area contributed by atoms with Crippen molar-refractivity contribution in [3.63, 3.8) is 0 Å². The molecule has 0 aromatic heterocycles. The number of methoxy groups -OCH3 is 1. The molecule has 1 unspecified atom stereocenters. The Labute approximate surface area is 133 Å². The Morgan fingerprint density at radius 3 is 2.73 bits per heavy atom. The molecule has 0 amide bonds. The zero-order valence-electron chi connectivity index (χ0n) is 13.4. The average molecular weight is 326 g/mol. The molecule has 1 saturated heterocycles. The van der Waals surface area contributed by atoms with Crippen LogP contribution in [0, 0.1) is 12.8 Å². The summed E-state index contributed by atoms with van der Waals surface area (Å²) in [5.41, 5.74) is 1.96. The number of hydrogen-bond donors (Lipinski definition) is 1. The Balaban J connectivity index is 1.77. The molecule has 6 heteroatoms. The van der Waals surface area contributed by atoms with Crippen LogP contribution in [-0.2, 0) is 20.5 Å². The SMILES string of the molecule is COCCN1CCC(CNS(=O)(=O)Cc2ccc(C)cc2)C1. The molecular weight excluding hydrogens is 300 g/mol. The average Bonchev–Trinajstić information content (AvgIpc) is 2.93. The van der Waals surface area contributed by atoms with Gasteiger partial charge in [-0.25, -0.2) is 13.1 Å². The van der Waals surface area contributed by atoms with Gasteiger partial charge in [0.1, 0.15) is 0 Å². The highest BCUT2D eigenvalue weighted by Crippen LogP contribution is 2.15. The quantitative estimate of drug-likeness (QED) is 0.784. The van der Waals surface area contributed by atoms with Crippen LogP contribution in [0.2, 0.25) is 0 Å². The summed E-state index contributed by atoms with van der Waals surface area (Å²) in [6, 6.07) is 7.62. The van der Waals surface area contributed by atoms with E-state index in [0.29, 0.717) is 12.5 Å². The summed E-state index contributed by atoms with van der Waals surface area (Å²) in [6.45, 7) is 6.13. The summed E-state index contributed by atoms with van der Waals surface area (Å²) in [5.74, 6) is 0.442. The fourth-order valence-corrected chi connectivity index (χ4v) is 3.93. The van der Waals surface area contributed by atoms with Crippen molar-refractivity contribution < 1.29 is 13.2 Å². The van der Waals surface area contributed by atoms with Gasteiger partial charge in [-0.05, 0) is 31.4 Å². The molecule has 0 spiro atoms. The number of ether oxygens (including phenoxy) is 1. The minimum absolute atomic E-state index is 0.0490. The molecule has 1 N–H and O–H groups in total. The van der Waals surface area contributed by atoms with Crippen molar-refractivity contribution in [3.05, 3.63) is 35.4 Å². The van der Waals surface area contributed by atoms with Gasteiger partial charge in [0.15, 0.2) is 0 Å². The summed E-state index contributed by atoms with van der Waals surface area (Å²) in [5, 5.41) is 0. The number of hydrogen-bond acceptors (Lipinski definition) is 4. The molecule has 5 nitrogen and oxygen atoms in total. The van der Waals surface area contributed by atoms with Crippen LogP contribution in [0.25, 0.3) is 0 Å². The molecular formula is C16H26N2O3S. The van der Waals surface area contributed by atoms with Gasteiger partial charge in [-0.15, -0.1) is 0 Å². The van der Waals surface area contributed by atoms with E-state index in [4.69, 9.17) is 4.74 Å². The van der Waals surface area contributed by atoms with Crippen molar-refractivity contribution in [2.75, 3.05) is 39.9 Å². The molecule has 1 aliphatic heterocycles. The number of sulfonamides is 1. The molecule has 1 aromatic carbocycles. The van der Waals surface area contributed by atoms with Crippen LogP contribution in [0.5, 0.6) is 0 Å². The van der Waals surface area contributed by atoms with E-state index in [0.717, 1.165) is 43.8 Å². The third-order valence-corrected chi connectivity index (χ3v) is 5.37. The van der Waals surface area contributed by atoms with Gasteiger partial charge in [0.2, 0.25) is 10.0 Å². The van der Waals surface area contributed by atoms with E-state index in [-0.39, 0.29) is 5.75 Å². The van der Waals surface area contributed by atoms with E-state index in [9.17, 15) is 8.42 Å². The molecule has 0 radical (unpaired) electrons. The lowest BCUT2D eigenvalue weighted by molar-refractivity contribution is 0.159. The summed E-state index contributed by atoms with van der Waals surface area (Å²) >= 11 is 0. The molecule has 0 saturated carbocycles. The number of benzene rings is 1. The number of rotatable bonds is 8. The van der Waals surface area contributed by atoms with Gasteiger partial charge in [-0.3, -0.25) is 0 Å². The predicted molar refractivity (Wildman–Crippen MR) is 88.2 cm³/mol. The van der Waals surface area contributed by atoms with Crippen LogP contribution >= 0.6 is 0 Å². The monoisotopic (exact) mass is 326 g/mol. The van der Waals surface area contributed by atoms with E-state index in [1.54, 1.807) is 7.11 Å². The Morgan fingerprint density at radius 2 is 2.05 bits per heavy atom. The maximum absolute atomic E-state index is 12.2. The van der Waals surface area contributed by atoms with Gasteiger partial charge in [0.05, 0.1) is 12.4 Å². The fraction of sp³-hybridized carbons (Fsp3) is 0.625. The second-order valence-corrected chi connectivity index (χ2v) is 7.85. The molecule has 1 heterocycles. The topological polar surface area (TPSA) is 58.6 Å². The van der Waals surface area contributed by atoms with Gasteiger partial charge < -0.3 is 9.64 Å². The summed E-state index contributed by atoms with van der Waals surface area (Å²) in [4.78, 5) is 2.32. The first-order chi connectivity index (χ1) is 10.5. The normalized spacial score (nSPS) is 19.6. The predicted octanol–water partition coefficient (Wildman–Crippen LogP) is 1.38. The van der Waals surface area contributed by atoms with E-state index >= 15 is 0 Å². The van der Waals surface area contributed by atoms with Crippen LogP contribution in [0.15, 0.2) is 24.3 Å². The Morgan fingerprint density at radius 1 is 1.32 bits per heavy atom. The van der Waals surface area contributed by atoms with Crippen molar-refractivity contribution in [2.45, 2.75) is 19.1 Å².